The molecule has 3 amide bonds. The van der Waals surface area contributed by atoms with E-state index in [9.17, 15) is 19.2 Å². The summed E-state index contributed by atoms with van der Waals surface area (Å²) in [6, 6.07) is 6.55. The first-order valence-corrected chi connectivity index (χ1v) is 11.5. The van der Waals surface area contributed by atoms with Gasteiger partial charge >= 0.3 is 5.97 Å². The van der Waals surface area contributed by atoms with Crippen LogP contribution < -0.4 is 16.4 Å². The maximum atomic E-state index is 13.1. The number of benzene rings is 1. The third-order valence-electron chi connectivity index (χ3n) is 5.68. The molecule has 1 aromatic carbocycles. The molecule has 1 saturated heterocycles. The highest BCUT2D eigenvalue weighted by molar-refractivity contribution is 5.94. The van der Waals surface area contributed by atoms with Gasteiger partial charge in [0, 0.05) is 19.0 Å². The Kier molecular flexibility index (Phi) is 9.84. The van der Waals surface area contributed by atoms with Crippen LogP contribution in [0.25, 0.3) is 0 Å². The molecule has 0 bridgehead atoms. The van der Waals surface area contributed by atoms with E-state index in [1.807, 2.05) is 37.3 Å². The second kappa shape index (κ2) is 12.3. The van der Waals surface area contributed by atoms with Crippen LogP contribution in [0, 0.1) is 5.92 Å². The third kappa shape index (κ3) is 8.16. The van der Waals surface area contributed by atoms with Crippen molar-refractivity contribution < 1.29 is 24.3 Å². The number of carboxylic acid groups (broad SMARTS) is 1. The van der Waals surface area contributed by atoms with Crippen molar-refractivity contribution in [3.05, 3.63) is 35.9 Å². The van der Waals surface area contributed by atoms with Crippen LogP contribution in [0.2, 0.25) is 0 Å². The van der Waals surface area contributed by atoms with Crippen LogP contribution in [0.1, 0.15) is 52.0 Å². The molecule has 0 saturated carbocycles. The first-order valence-electron chi connectivity index (χ1n) is 11.5. The van der Waals surface area contributed by atoms with Crippen LogP contribution in [0.4, 0.5) is 0 Å². The lowest BCUT2D eigenvalue weighted by atomic mass is 10.0. The van der Waals surface area contributed by atoms with E-state index in [1.165, 1.54) is 4.90 Å². The second-order valence-corrected chi connectivity index (χ2v) is 9.18. The summed E-state index contributed by atoms with van der Waals surface area (Å²) in [5.74, 6) is -2.04. The van der Waals surface area contributed by atoms with Gasteiger partial charge in [-0.15, -0.1) is 0 Å². The maximum Gasteiger partial charge on any atom is 0.305 e. The lowest BCUT2D eigenvalue weighted by molar-refractivity contribution is -0.144. The van der Waals surface area contributed by atoms with Crippen molar-refractivity contribution in [1.82, 2.24) is 15.5 Å². The molecule has 182 valence electrons. The summed E-state index contributed by atoms with van der Waals surface area (Å²) in [6.07, 6.45) is 1.65. The molecule has 33 heavy (non-hydrogen) atoms. The highest BCUT2D eigenvalue weighted by Gasteiger charge is 2.38. The Hall–Kier alpha value is -2.94. The van der Waals surface area contributed by atoms with Crippen molar-refractivity contribution >= 4 is 23.7 Å². The number of carboxylic acids is 1. The molecule has 9 heteroatoms. The van der Waals surface area contributed by atoms with Crippen molar-refractivity contribution in [2.24, 2.45) is 11.7 Å². The van der Waals surface area contributed by atoms with E-state index in [1.54, 1.807) is 0 Å². The van der Waals surface area contributed by atoms with Gasteiger partial charge in [0.25, 0.3) is 0 Å². The average Bonchev–Trinajstić information content (AvgIpc) is 3.22. The van der Waals surface area contributed by atoms with E-state index >= 15 is 0 Å². The third-order valence-corrected chi connectivity index (χ3v) is 5.68. The summed E-state index contributed by atoms with van der Waals surface area (Å²) >= 11 is 0. The number of carbonyl (C=O) groups excluding carboxylic acids is 3. The molecule has 9 nitrogen and oxygen atoms in total. The largest absolute Gasteiger partial charge is 0.481 e. The summed E-state index contributed by atoms with van der Waals surface area (Å²) in [5, 5.41) is 14.7. The normalized spacial score (nSPS) is 18.5. The predicted octanol–water partition coefficient (Wildman–Crippen LogP) is 1.06. The number of rotatable bonds is 11. The van der Waals surface area contributed by atoms with Crippen molar-refractivity contribution in [2.75, 3.05) is 6.54 Å². The van der Waals surface area contributed by atoms with Gasteiger partial charge in [-0.05, 0) is 37.7 Å². The molecule has 5 N–H and O–H groups in total. The van der Waals surface area contributed by atoms with Crippen molar-refractivity contribution in [2.45, 2.75) is 77.0 Å². The van der Waals surface area contributed by atoms with Crippen molar-refractivity contribution in [3.63, 3.8) is 0 Å². The van der Waals surface area contributed by atoms with E-state index in [0.29, 0.717) is 31.7 Å². The molecular weight excluding hydrogens is 424 g/mol. The molecule has 4 atom stereocenters. The number of hydrogen-bond acceptors (Lipinski definition) is 5. The van der Waals surface area contributed by atoms with Gasteiger partial charge in [0.15, 0.2) is 0 Å². The minimum atomic E-state index is -1.21. The van der Waals surface area contributed by atoms with Gasteiger partial charge in [-0.1, -0.05) is 44.2 Å². The van der Waals surface area contributed by atoms with Gasteiger partial charge in [0.2, 0.25) is 17.7 Å². The summed E-state index contributed by atoms with van der Waals surface area (Å²) in [6.45, 7) is 6.41. The van der Waals surface area contributed by atoms with Gasteiger partial charge in [0.1, 0.15) is 12.1 Å². The molecule has 0 aliphatic carbocycles. The molecule has 1 heterocycles. The Morgan fingerprint density at radius 3 is 2.39 bits per heavy atom. The Labute approximate surface area is 195 Å². The van der Waals surface area contributed by atoms with Gasteiger partial charge in [-0.2, -0.15) is 0 Å². The quantitative estimate of drug-likeness (QED) is 0.389. The van der Waals surface area contributed by atoms with Crippen LogP contribution in [-0.2, 0) is 25.6 Å². The van der Waals surface area contributed by atoms with E-state index in [-0.39, 0.29) is 11.9 Å². The molecular formula is C24H36N4O5. The van der Waals surface area contributed by atoms with Gasteiger partial charge in [-0.3, -0.25) is 19.2 Å². The SMILES string of the molecule is CC(C)C[C@@H](C)NC(=O)C(Cc1ccccc1)NC(=O)[C@@H]1CCCN1C(=O)C(N)CC(=O)O. The number of amides is 3. The fourth-order valence-electron chi connectivity index (χ4n) is 4.23. The summed E-state index contributed by atoms with van der Waals surface area (Å²) < 4.78 is 0. The first kappa shape index (κ1) is 26.3. The molecule has 0 spiro atoms. The monoisotopic (exact) mass is 460 g/mol. The zero-order valence-electron chi connectivity index (χ0n) is 19.6. The molecule has 2 rings (SSSR count). The van der Waals surface area contributed by atoms with Crippen LogP contribution in [0.3, 0.4) is 0 Å². The summed E-state index contributed by atoms with van der Waals surface area (Å²) in [4.78, 5) is 51.1. The number of hydrogen-bond donors (Lipinski definition) is 4. The van der Waals surface area contributed by atoms with E-state index in [2.05, 4.69) is 24.5 Å². The highest BCUT2D eigenvalue weighted by Crippen LogP contribution is 2.19. The van der Waals surface area contributed by atoms with Crippen LogP contribution in [-0.4, -0.2) is 64.4 Å². The van der Waals surface area contributed by atoms with Crippen LogP contribution in [0.5, 0.6) is 0 Å². The lowest BCUT2D eigenvalue weighted by Crippen LogP contribution is -2.56. The van der Waals surface area contributed by atoms with Gasteiger partial charge in [0.05, 0.1) is 12.5 Å². The smallest absolute Gasteiger partial charge is 0.305 e. The Morgan fingerprint density at radius 2 is 1.79 bits per heavy atom. The predicted molar refractivity (Wildman–Crippen MR) is 124 cm³/mol. The number of likely N-dealkylation sites (tertiary alicyclic amines) is 1. The van der Waals surface area contributed by atoms with E-state index in [0.717, 1.165) is 12.0 Å². The summed E-state index contributed by atoms with van der Waals surface area (Å²) in [7, 11) is 0. The second-order valence-electron chi connectivity index (χ2n) is 9.18. The van der Waals surface area contributed by atoms with E-state index < -0.39 is 42.3 Å². The molecule has 0 radical (unpaired) electrons. The fraction of sp³-hybridized carbons (Fsp3) is 0.583. The topological polar surface area (TPSA) is 142 Å². The highest BCUT2D eigenvalue weighted by atomic mass is 16.4. The van der Waals surface area contributed by atoms with Crippen molar-refractivity contribution in [3.8, 4) is 0 Å². The number of nitrogens with one attached hydrogen (secondary N) is 2. The van der Waals surface area contributed by atoms with Crippen LogP contribution in [0.15, 0.2) is 30.3 Å². The molecule has 2 unspecified atom stereocenters. The molecule has 1 aliphatic rings. The molecule has 1 aromatic rings. The fourth-order valence-corrected chi connectivity index (χ4v) is 4.23. The average molecular weight is 461 g/mol. The maximum absolute atomic E-state index is 13.1. The lowest BCUT2D eigenvalue weighted by Gasteiger charge is -2.28. The minimum Gasteiger partial charge on any atom is -0.481 e. The molecule has 1 aliphatic heterocycles. The molecule has 1 fully saturated rings. The zero-order chi connectivity index (χ0) is 24.5. The first-order chi connectivity index (χ1) is 15.6. The Morgan fingerprint density at radius 1 is 1.12 bits per heavy atom. The van der Waals surface area contributed by atoms with Gasteiger partial charge in [-0.25, -0.2) is 0 Å². The van der Waals surface area contributed by atoms with Crippen LogP contribution >= 0.6 is 0 Å². The minimum absolute atomic E-state index is 0.0498. The van der Waals surface area contributed by atoms with Crippen molar-refractivity contribution in [1.29, 1.82) is 0 Å². The summed E-state index contributed by atoms with van der Waals surface area (Å²) in [5.41, 5.74) is 6.64. The van der Waals surface area contributed by atoms with Gasteiger partial charge < -0.3 is 26.4 Å². The zero-order valence-corrected chi connectivity index (χ0v) is 19.6. The molecule has 0 aromatic heterocycles. The van der Waals surface area contributed by atoms with E-state index in [4.69, 9.17) is 10.8 Å². The number of nitrogens with two attached hydrogens (primary N) is 1. The standard InChI is InChI=1S/C24H36N4O5/c1-15(2)12-16(3)26-22(31)19(13-17-8-5-4-6-9-17)27-23(32)20-10-7-11-28(20)24(33)18(25)14-21(29)30/h4-6,8-9,15-16,18-20H,7,10-14,25H2,1-3H3,(H,26,31)(H,27,32)(H,29,30)/t16-,18?,19?,20+/m1/s1. The number of aliphatic carboxylic acids is 1. The number of nitrogens with zero attached hydrogens (tertiary/aromatic N) is 1. The Bertz CT molecular complexity index is 829. The number of carbonyl (C=O) groups is 4. The Balaban J connectivity index is 2.13.